The van der Waals surface area contributed by atoms with Crippen LogP contribution in [-0.4, -0.2) is 19.9 Å². The maximum atomic E-state index is 10.9. The van der Waals surface area contributed by atoms with Gasteiger partial charge >= 0.3 is 6.16 Å². The molecule has 2 bridgehead atoms. The van der Waals surface area contributed by atoms with E-state index < -0.39 is 6.16 Å². The summed E-state index contributed by atoms with van der Waals surface area (Å²) in [5.74, 6) is 1.67. The lowest BCUT2D eigenvalue weighted by atomic mass is 9.57. The van der Waals surface area contributed by atoms with Gasteiger partial charge in [0.05, 0.1) is 13.7 Å². The molecule has 0 N–H and O–H groups in total. The Bertz CT molecular complexity index is 289. The number of hydrogen-bond donors (Lipinski definition) is 0. The Morgan fingerprint density at radius 1 is 1.39 bits per heavy atom. The quantitative estimate of drug-likeness (QED) is 0.707. The number of fused-ring (bicyclic) bond motifs is 2. The van der Waals surface area contributed by atoms with Crippen molar-refractivity contribution in [3.8, 4) is 0 Å². The molecule has 2 rings (SSSR count). The molecule has 3 nitrogen and oxygen atoms in total. The summed E-state index contributed by atoms with van der Waals surface area (Å²) in [6.07, 6.45) is 10.1. The molecule has 2 saturated carbocycles. The minimum Gasteiger partial charge on any atom is -0.438 e. The predicted molar refractivity (Wildman–Crippen MR) is 70.4 cm³/mol. The molecule has 18 heavy (non-hydrogen) atoms. The van der Waals surface area contributed by atoms with Gasteiger partial charge in [0, 0.05) is 0 Å². The molecule has 0 heterocycles. The van der Waals surface area contributed by atoms with E-state index in [0.717, 1.165) is 18.3 Å². The van der Waals surface area contributed by atoms with Gasteiger partial charge in [-0.3, -0.25) is 0 Å². The van der Waals surface area contributed by atoms with Gasteiger partial charge in [-0.1, -0.05) is 26.2 Å². The molecule has 0 aliphatic heterocycles. The van der Waals surface area contributed by atoms with Crippen LogP contribution in [0.4, 0.5) is 4.79 Å². The Morgan fingerprint density at radius 2 is 2.22 bits per heavy atom. The van der Waals surface area contributed by atoms with Gasteiger partial charge in [0.1, 0.15) is 0 Å². The average molecular weight is 254 g/mol. The number of carbonyl (C=O) groups excluding carboxylic acids is 1. The predicted octanol–water partition coefficient (Wildman–Crippen LogP) is 4.16. The van der Waals surface area contributed by atoms with Crippen LogP contribution in [0.25, 0.3) is 0 Å². The summed E-state index contributed by atoms with van der Waals surface area (Å²) in [6.45, 7) is 2.86. The van der Waals surface area contributed by atoms with Crippen molar-refractivity contribution < 1.29 is 14.3 Å². The fourth-order valence-corrected chi connectivity index (χ4v) is 4.19. The molecule has 0 amide bonds. The maximum Gasteiger partial charge on any atom is 0.507 e. The van der Waals surface area contributed by atoms with Gasteiger partial charge in [-0.15, -0.1) is 0 Å². The first-order valence-electron chi connectivity index (χ1n) is 7.38. The fourth-order valence-electron chi connectivity index (χ4n) is 4.19. The monoisotopic (exact) mass is 254 g/mol. The third-order valence-corrected chi connectivity index (χ3v) is 5.09. The normalized spacial score (nSPS) is 35.0. The van der Waals surface area contributed by atoms with Crippen LogP contribution < -0.4 is 0 Å². The largest absolute Gasteiger partial charge is 0.507 e. The fraction of sp³-hybridized carbons (Fsp3) is 0.933. The van der Waals surface area contributed by atoms with Gasteiger partial charge in [0.25, 0.3) is 0 Å². The van der Waals surface area contributed by atoms with Gasteiger partial charge in [-0.2, -0.15) is 0 Å². The molecule has 0 aromatic carbocycles. The van der Waals surface area contributed by atoms with Crippen LogP contribution in [0, 0.1) is 17.3 Å². The molecule has 0 radical (unpaired) electrons. The smallest absolute Gasteiger partial charge is 0.438 e. The summed E-state index contributed by atoms with van der Waals surface area (Å²) in [6, 6.07) is 0. The van der Waals surface area contributed by atoms with Crippen molar-refractivity contribution in [3.63, 3.8) is 0 Å². The lowest BCUT2D eigenvalue weighted by Crippen LogP contribution is -2.36. The Labute approximate surface area is 110 Å². The van der Waals surface area contributed by atoms with Crippen molar-refractivity contribution in [2.45, 2.75) is 58.3 Å². The van der Waals surface area contributed by atoms with Gasteiger partial charge in [-0.05, 0) is 49.4 Å². The minimum atomic E-state index is -0.545. The highest BCUT2D eigenvalue weighted by Crippen LogP contribution is 2.53. The number of rotatable bonds is 4. The van der Waals surface area contributed by atoms with E-state index in [1.165, 1.54) is 52.1 Å². The van der Waals surface area contributed by atoms with E-state index in [1.54, 1.807) is 0 Å². The summed E-state index contributed by atoms with van der Waals surface area (Å²) in [5, 5.41) is 0. The lowest BCUT2D eigenvalue weighted by Gasteiger charge is -2.48. The molecule has 2 aliphatic rings. The maximum absolute atomic E-state index is 10.9. The molecule has 0 aromatic rings. The van der Waals surface area contributed by atoms with Crippen molar-refractivity contribution in [1.82, 2.24) is 0 Å². The van der Waals surface area contributed by atoms with Crippen molar-refractivity contribution in [2.75, 3.05) is 13.7 Å². The Hall–Kier alpha value is -0.730. The summed E-state index contributed by atoms with van der Waals surface area (Å²) >= 11 is 0. The van der Waals surface area contributed by atoms with E-state index in [2.05, 4.69) is 11.7 Å². The second-order valence-electron chi connectivity index (χ2n) is 6.21. The highest BCUT2D eigenvalue weighted by atomic mass is 16.7. The van der Waals surface area contributed by atoms with E-state index in [9.17, 15) is 4.79 Å². The molecule has 2 aliphatic carbocycles. The molecule has 0 aromatic heterocycles. The van der Waals surface area contributed by atoms with E-state index in [1.807, 2.05) is 0 Å². The first-order chi connectivity index (χ1) is 8.67. The lowest BCUT2D eigenvalue weighted by molar-refractivity contribution is 0.0196. The highest BCUT2D eigenvalue weighted by molar-refractivity contribution is 5.59. The zero-order chi connectivity index (χ0) is 13.0. The average Bonchev–Trinajstić information content (AvgIpc) is 2.38. The van der Waals surface area contributed by atoms with Crippen LogP contribution >= 0.6 is 0 Å². The molecule has 104 valence electrons. The molecule has 3 atom stereocenters. The van der Waals surface area contributed by atoms with Gasteiger partial charge in [0.15, 0.2) is 0 Å². The highest BCUT2D eigenvalue weighted by Gasteiger charge is 2.41. The van der Waals surface area contributed by atoms with Crippen molar-refractivity contribution >= 4 is 6.16 Å². The SMILES string of the molecule is CCC12CCCC(CC(CCOC(=O)OC)C1)C2. The molecule has 3 heteroatoms. The van der Waals surface area contributed by atoms with Crippen molar-refractivity contribution in [1.29, 1.82) is 0 Å². The summed E-state index contributed by atoms with van der Waals surface area (Å²) < 4.78 is 9.52. The molecular formula is C15H26O3. The molecule has 0 saturated heterocycles. The number of methoxy groups -OCH3 is 1. The summed E-state index contributed by atoms with van der Waals surface area (Å²) in [5.41, 5.74) is 0.608. The van der Waals surface area contributed by atoms with E-state index in [4.69, 9.17) is 4.74 Å². The molecule has 0 spiro atoms. The summed E-state index contributed by atoms with van der Waals surface area (Å²) in [7, 11) is 1.36. The van der Waals surface area contributed by atoms with E-state index >= 15 is 0 Å². The zero-order valence-corrected chi connectivity index (χ0v) is 11.7. The van der Waals surface area contributed by atoms with Crippen LogP contribution in [-0.2, 0) is 9.47 Å². The topological polar surface area (TPSA) is 35.5 Å². The number of ether oxygens (including phenoxy) is 2. The van der Waals surface area contributed by atoms with Gasteiger partial charge in [-0.25, -0.2) is 4.79 Å². The van der Waals surface area contributed by atoms with Gasteiger partial charge < -0.3 is 9.47 Å². The minimum absolute atomic E-state index is 0.518. The second kappa shape index (κ2) is 5.94. The van der Waals surface area contributed by atoms with Crippen LogP contribution in [0.5, 0.6) is 0 Å². The molecule has 2 fully saturated rings. The molecular weight excluding hydrogens is 228 g/mol. The van der Waals surface area contributed by atoms with Crippen molar-refractivity contribution in [2.24, 2.45) is 17.3 Å². The van der Waals surface area contributed by atoms with Crippen LogP contribution in [0.1, 0.15) is 58.3 Å². The Morgan fingerprint density at radius 3 is 2.94 bits per heavy atom. The molecule has 3 unspecified atom stereocenters. The first-order valence-corrected chi connectivity index (χ1v) is 7.38. The first kappa shape index (κ1) is 13.7. The van der Waals surface area contributed by atoms with E-state index in [0.29, 0.717) is 12.0 Å². The summed E-state index contributed by atoms with van der Waals surface area (Å²) in [4.78, 5) is 10.9. The van der Waals surface area contributed by atoms with Crippen LogP contribution in [0.15, 0.2) is 0 Å². The number of hydrogen-bond acceptors (Lipinski definition) is 3. The second-order valence-corrected chi connectivity index (χ2v) is 6.21. The van der Waals surface area contributed by atoms with Crippen LogP contribution in [0.3, 0.4) is 0 Å². The Balaban J connectivity index is 1.81. The van der Waals surface area contributed by atoms with Crippen LogP contribution in [0.2, 0.25) is 0 Å². The Kier molecular flexibility index (Phi) is 4.52. The van der Waals surface area contributed by atoms with Gasteiger partial charge in [0.2, 0.25) is 0 Å². The van der Waals surface area contributed by atoms with E-state index in [-0.39, 0.29) is 0 Å². The van der Waals surface area contributed by atoms with Crippen molar-refractivity contribution in [3.05, 3.63) is 0 Å². The number of carbonyl (C=O) groups is 1. The third-order valence-electron chi connectivity index (χ3n) is 5.09. The standard InChI is InChI=1S/C15H26O3/c1-3-15-7-4-5-12(10-15)9-13(11-15)6-8-18-14(16)17-2/h12-13H,3-11H2,1-2H3. The zero-order valence-electron chi connectivity index (χ0n) is 11.7. The third kappa shape index (κ3) is 3.18.